The number of nitrogens with zero attached hydrogens (tertiary/aromatic N) is 3. The van der Waals surface area contributed by atoms with Gasteiger partial charge >= 0.3 is 6.03 Å². The maximum atomic E-state index is 13.0. The van der Waals surface area contributed by atoms with Crippen LogP contribution in [0.2, 0.25) is 0 Å². The third-order valence-electron chi connectivity index (χ3n) is 5.64. The summed E-state index contributed by atoms with van der Waals surface area (Å²) in [5, 5.41) is 4.15. The number of piperidine rings is 1. The van der Waals surface area contributed by atoms with Gasteiger partial charge in [-0.2, -0.15) is 0 Å². The number of nitrogens with one attached hydrogen (secondary N) is 1. The van der Waals surface area contributed by atoms with Gasteiger partial charge < -0.3 is 15.0 Å². The van der Waals surface area contributed by atoms with E-state index >= 15 is 0 Å². The maximum absolute atomic E-state index is 13.0. The summed E-state index contributed by atoms with van der Waals surface area (Å²) in [5.74, 6) is 0. The highest BCUT2D eigenvalue weighted by Gasteiger charge is 2.27. The third-order valence-corrected chi connectivity index (χ3v) is 5.64. The molecule has 144 valence electrons. The molecule has 3 heterocycles. The molecule has 2 aromatic rings. The summed E-state index contributed by atoms with van der Waals surface area (Å²) in [6.07, 6.45) is 6.17. The minimum absolute atomic E-state index is 0.000157. The van der Waals surface area contributed by atoms with Crippen molar-refractivity contribution in [2.45, 2.75) is 31.7 Å². The molecule has 4 rings (SSSR count). The van der Waals surface area contributed by atoms with Gasteiger partial charge in [0.05, 0.1) is 24.4 Å². The zero-order valence-corrected chi connectivity index (χ0v) is 15.8. The highest BCUT2D eigenvalue weighted by atomic mass is 16.5. The van der Waals surface area contributed by atoms with Crippen molar-refractivity contribution in [2.24, 2.45) is 0 Å². The second-order valence-corrected chi connectivity index (χ2v) is 7.40. The van der Waals surface area contributed by atoms with Crippen molar-refractivity contribution in [3.8, 4) is 0 Å². The fraction of sp³-hybridized carbons (Fsp3) is 0.524. The number of carbonyl (C=O) groups is 1. The lowest BCUT2D eigenvalue weighted by atomic mass is 9.99. The standard InChI is InChI=1S/C21H28N4O2/c26-21(23-19-8-3-5-17-6-4-10-22-20(17)19)25-11-2-1-7-18(25)9-12-24-13-15-27-16-14-24/h3-6,8,10,18H,1-2,7,9,11-16H2,(H,23,26)/t18-/m1/s1. The number of anilines is 1. The summed E-state index contributed by atoms with van der Waals surface area (Å²) in [6.45, 7) is 5.51. The van der Waals surface area contributed by atoms with Gasteiger partial charge in [0, 0.05) is 43.8 Å². The smallest absolute Gasteiger partial charge is 0.322 e. The average Bonchev–Trinajstić information content (AvgIpc) is 2.73. The predicted octanol–water partition coefficient (Wildman–Crippen LogP) is 3.34. The van der Waals surface area contributed by atoms with Gasteiger partial charge in [-0.1, -0.05) is 18.2 Å². The van der Waals surface area contributed by atoms with Gasteiger partial charge in [0.2, 0.25) is 0 Å². The number of hydrogen-bond acceptors (Lipinski definition) is 4. The molecule has 6 heteroatoms. The van der Waals surface area contributed by atoms with Gasteiger partial charge in [-0.05, 0) is 37.8 Å². The van der Waals surface area contributed by atoms with Crippen LogP contribution in [-0.2, 0) is 4.74 Å². The number of pyridine rings is 1. The molecule has 6 nitrogen and oxygen atoms in total. The number of amides is 2. The Hall–Kier alpha value is -2.18. The van der Waals surface area contributed by atoms with Crippen LogP contribution in [0.1, 0.15) is 25.7 Å². The molecule has 1 aromatic carbocycles. The third kappa shape index (κ3) is 4.39. The Balaban J connectivity index is 1.42. The molecule has 1 aromatic heterocycles. The molecule has 27 heavy (non-hydrogen) atoms. The number of rotatable bonds is 4. The van der Waals surface area contributed by atoms with Crippen LogP contribution in [0.25, 0.3) is 10.9 Å². The Morgan fingerprint density at radius 3 is 2.89 bits per heavy atom. The minimum atomic E-state index is -0.000157. The molecule has 2 amide bonds. The van der Waals surface area contributed by atoms with Crippen LogP contribution < -0.4 is 5.32 Å². The van der Waals surface area contributed by atoms with Crippen molar-refractivity contribution in [3.05, 3.63) is 36.5 Å². The first-order valence-electron chi connectivity index (χ1n) is 10.0. The molecule has 2 saturated heterocycles. The van der Waals surface area contributed by atoms with Gasteiger partial charge in [-0.25, -0.2) is 4.79 Å². The zero-order chi connectivity index (χ0) is 18.5. The van der Waals surface area contributed by atoms with Gasteiger partial charge in [0.25, 0.3) is 0 Å². The van der Waals surface area contributed by atoms with E-state index in [1.165, 1.54) is 6.42 Å². The number of ether oxygens (including phenoxy) is 1. The second kappa shape index (κ2) is 8.67. The number of urea groups is 1. The highest BCUT2D eigenvalue weighted by molar-refractivity contribution is 5.99. The maximum Gasteiger partial charge on any atom is 0.322 e. The Kier molecular flexibility index (Phi) is 5.84. The highest BCUT2D eigenvalue weighted by Crippen LogP contribution is 2.24. The lowest BCUT2D eigenvalue weighted by Gasteiger charge is -2.37. The minimum Gasteiger partial charge on any atom is -0.379 e. The normalized spacial score (nSPS) is 21.3. The monoisotopic (exact) mass is 368 g/mol. The molecule has 0 saturated carbocycles. The molecule has 2 aliphatic heterocycles. The van der Waals surface area contributed by atoms with Crippen LogP contribution >= 0.6 is 0 Å². The second-order valence-electron chi connectivity index (χ2n) is 7.40. The number of fused-ring (bicyclic) bond motifs is 1. The quantitative estimate of drug-likeness (QED) is 0.899. The summed E-state index contributed by atoms with van der Waals surface area (Å²) in [5.41, 5.74) is 1.63. The van der Waals surface area contributed by atoms with E-state index in [1.807, 2.05) is 35.2 Å². The van der Waals surface area contributed by atoms with Crippen LogP contribution in [0.4, 0.5) is 10.5 Å². The lowest BCUT2D eigenvalue weighted by Crippen LogP contribution is -2.48. The fourth-order valence-corrected chi connectivity index (χ4v) is 4.12. The number of benzene rings is 1. The van der Waals surface area contributed by atoms with Crippen LogP contribution in [0.15, 0.2) is 36.5 Å². The van der Waals surface area contributed by atoms with Crippen molar-refractivity contribution in [1.82, 2.24) is 14.8 Å². The number of likely N-dealkylation sites (tertiary alicyclic amines) is 1. The molecule has 2 fully saturated rings. The van der Waals surface area contributed by atoms with Crippen LogP contribution in [0, 0.1) is 0 Å². The SMILES string of the molecule is O=C(Nc1cccc2cccnc12)N1CCCC[C@@H]1CCN1CCOCC1. The Bertz CT molecular complexity index is 770. The molecule has 0 unspecified atom stereocenters. The number of para-hydroxylation sites is 1. The van der Waals surface area contributed by atoms with Crippen molar-refractivity contribution < 1.29 is 9.53 Å². The van der Waals surface area contributed by atoms with Crippen LogP contribution in [-0.4, -0.2) is 66.2 Å². The van der Waals surface area contributed by atoms with Crippen molar-refractivity contribution in [2.75, 3.05) is 44.7 Å². The van der Waals surface area contributed by atoms with E-state index in [0.29, 0.717) is 6.04 Å². The van der Waals surface area contributed by atoms with E-state index in [9.17, 15) is 4.79 Å². The van der Waals surface area contributed by atoms with E-state index in [1.54, 1.807) is 6.20 Å². The first-order valence-corrected chi connectivity index (χ1v) is 10.0. The molecular formula is C21H28N4O2. The summed E-state index contributed by atoms with van der Waals surface area (Å²) in [4.78, 5) is 22.0. The molecule has 0 radical (unpaired) electrons. The molecular weight excluding hydrogens is 340 g/mol. The molecule has 1 N–H and O–H groups in total. The summed E-state index contributed by atoms with van der Waals surface area (Å²) >= 11 is 0. The van der Waals surface area contributed by atoms with Crippen molar-refractivity contribution in [3.63, 3.8) is 0 Å². The summed E-state index contributed by atoms with van der Waals surface area (Å²) in [7, 11) is 0. The lowest BCUT2D eigenvalue weighted by molar-refractivity contribution is 0.0329. The van der Waals surface area contributed by atoms with E-state index in [4.69, 9.17) is 4.74 Å². The number of carbonyl (C=O) groups excluding carboxylic acids is 1. The van der Waals surface area contributed by atoms with Crippen LogP contribution in [0.3, 0.4) is 0 Å². The van der Waals surface area contributed by atoms with Gasteiger partial charge in [0.1, 0.15) is 0 Å². The largest absolute Gasteiger partial charge is 0.379 e. The van der Waals surface area contributed by atoms with Gasteiger partial charge in [0.15, 0.2) is 0 Å². The summed E-state index contributed by atoms with van der Waals surface area (Å²) < 4.78 is 5.43. The molecule has 0 spiro atoms. The molecule has 2 aliphatic rings. The topological polar surface area (TPSA) is 57.7 Å². The van der Waals surface area contributed by atoms with Crippen LogP contribution in [0.5, 0.6) is 0 Å². The molecule has 1 atom stereocenters. The van der Waals surface area contributed by atoms with Gasteiger partial charge in [-0.15, -0.1) is 0 Å². The number of hydrogen-bond donors (Lipinski definition) is 1. The Morgan fingerprint density at radius 1 is 1.15 bits per heavy atom. The van der Waals surface area contributed by atoms with E-state index in [-0.39, 0.29) is 6.03 Å². The van der Waals surface area contributed by atoms with Crippen molar-refractivity contribution >= 4 is 22.6 Å². The van der Waals surface area contributed by atoms with E-state index in [2.05, 4.69) is 15.2 Å². The van der Waals surface area contributed by atoms with E-state index in [0.717, 1.165) is 75.2 Å². The summed E-state index contributed by atoms with van der Waals surface area (Å²) in [6, 6.07) is 10.2. The average molecular weight is 368 g/mol. The molecule has 0 bridgehead atoms. The van der Waals surface area contributed by atoms with E-state index < -0.39 is 0 Å². The number of aromatic nitrogens is 1. The zero-order valence-electron chi connectivity index (χ0n) is 15.8. The first kappa shape index (κ1) is 18.2. The number of morpholine rings is 1. The Labute approximate surface area is 160 Å². The van der Waals surface area contributed by atoms with Gasteiger partial charge in [-0.3, -0.25) is 9.88 Å². The first-order chi connectivity index (χ1) is 13.3. The van der Waals surface area contributed by atoms with Crippen molar-refractivity contribution in [1.29, 1.82) is 0 Å². The Morgan fingerprint density at radius 2 is 2.00 bits per heavy atom. The fourth-order valence-electron chi connectivity index (χ4n) is 4.12. The molecule has 0 aliphatic carbocycles. The predicted molar refractivity (Wildman–Crippen MR) is 107 cm³/mol.